The Labute approximate surface area is 113 Å². The van der Waals surface area contributed by atoms with E-state index in [2.05, 4.69) is 5.32 Å². The van der Waals surface area contributed by atoms with E-state index in [1.165, 1.54) is 5.75 Å². The van der Waals surface area contributed by atoms with E-state index in [-0.39, 0.29) is 30.8 Å². The molecule has 0 aromatic heterocycles. The first-order valence-electron chi connectivity index (χ1n) is 6.46. The van der Waals surface area contributed by atoms with Crippen LogP contribution in [0, 0.1) is 0 Å². The molecule has 1 aliphatic heterocycles. The highest BCUT2D eigenvalue weighted by Gasteiger charge is 2.19. The molecule has 0 aromatic rings. The van der Waals surface area contributed by atoms with Crippen LogP contribution in [0.25, 0.3) is 0 Å². The van der Waals surface area contributed by atoms with E-state index in [0.717, 1.165) is 18.6 Å². The Morgan fingerprint density at radius 1 is 1.33 bits per heavy atom. The van der Waals surface area contributed by atoms with Gasteiger partial charge in [0.15, 0.2) is 0 Å². The van der Waals surface area contributed by atoms with Crippen molar-refractivity contribution in [1.82, 2.24) is 5.32 Å². The summed E-state index contributed by atoms with van der Waals surface area (Å²) in [4.78, 5) is 23.1. The van der Waals surface area contributed by atoms with Gasteiger partial charge in [0.2, 0.25) is 5.91 Å². The van der Waals surface area contributed by atoms with E-state index in [0.29, 0.717) is 0 Å². The van der Waals surface area contributed by atoms with Gasteiger partial charge in [0.25, 0.3) is 0 Å². The smallest absolute Gasteiger partial charge is 0.306 e. The van der Waals surface area contributed by atoms with Crippen molar-refractivity contribution < 1.29 is 14.3 Å². The van der Waals surface area contributed by atoms with Gasteiger partial charge >= 0.3 is 5.97 Å². The third kappa shape index (κ3) is 6.89. The standard InChI is InChI=1S/C13H23NO3S/c1-13(2,3)17-12(16)7-6-11(15)14-10-5-4-8-18-9-10/h10H,4-9H2,1-3H3,(H,14,15). The lowest BCUT2D eigenvalue weighted by atomic mass is 10.1. The van der Waals surface area contributed by atoms with E-state index < -0.39 is 5.60 Å². The number of hydrogen-bond acceptors (Lipinski definition) is 4. The highest BCUT2D eigenvalue weighted by atomic mass is 32.2. The summed E-state index contributed by atoms with van der Waals surface area (Å²) in [6.07, 6.45) is 2.58. The summed E-state index contributed by atoms with van der Waals surface area (Å²) >= 11 is 1.87. The number of thioether (sulfide) groups is 1. The second kappa shape index (κ2) is 7.02. The number of carbonyl (C=O) groups excluding carboxylic acids is 2. The molecule has 1 unspecified atom stereocenters. The predicted octanol–water partition coefficient (Wildman–Crippen LogP) is 2.12. The average Bonchev–Trinajstić information content (AvgIpc) is 2.25. The molecule has 1 rings (SSSR count). The minimum atomic E-state index is -0.479. The quantitative estimate of drug-likeness (QED) is 0.797. The minimum Gasteiger partial charge on any atom is -0.460 e. The maximum Gasteiger partial charge on any atom is 0.306 e. The first-order valence-corrected chi connectivity index (χ1v) is 7.61. The second-order valence-corrected chi connectivity index (χ2v) is 6.72. The maximum absolute atomic E-state index is 11.7. The Morgan fingerprint density at radius 3 is 2.61 bits per heavy atom. The SMILES string of the molecule is CC(C)(C)OC(=O)CCC(=O)NC1CCCSC1. The molecule has 1 saturated heterocycles. The number of carbonyl (C=O) groups is 2. The van der Waals surface area contributed by atoms with Crippen LogP contribution in [0.2, 0.25) is 0 Å². The van der Waals surface area contributed by atoms with E-state index in [1.807, 2.05) is 32.5 Å². The zero-order valence-electron chi connectivity index (χ0n) is 11.5. The number of esters is 1. The van der Waals surface area contributed by atoms with Gasteiger partial charge in [-0.1, -0.05) is 0 Å². The van der Waals surface area contributed by atoms with Crippen LogP contribution in [-0.4, -0.2) is 35.0 Å². The van der Waals surface area contributed by atoms with Gasteiger partial charge in [-0.25, -0.2) is 0 Å². The minimum absolute atomic E-state index is 0.0478. The number of hydrogen-bond donors (Lipinski definition) is 1. The first-order chi connectivity index (χ1) is 8.37. The van der Waals surface area contributed by atoms with E-state index in [9.17, 15) is 9.59 Å². The molecule has 4 nitrogen and oxygen atoms in total. The van der Waals surface area contributed by atoms with Gasteiger partial charge in [-0.15, -0.1) is 0 Å². The molecule has 5 heteroatoms. The molecule has 1 amide bonds. The van der Waals surface area contributed by atoms with Crippen LogP contribution >= 0.6 is 11.8 Å². The molecule has 1 heterocycles. The lowest BCUT2D eigenvalue weighted by molar-refractivity contribution is -0.155. The first kappa shape index (κ1) is 15.3. The van der Waals surface area contributed by atoms with Crippen LogP contribution in [0.15, 0.2) is 0 Å². The van der Waals surface area contributed by atoms with Crippen molar-refractivity contribution in [3.05, 3.63) is 0 Å². The molecular formula is C13H23NO3S. The van der Waals surface area contributed by atoms with Gasteiger partial charge in [-0.2, -0.15) is 11.8 Å². The largest absolute Gasteiger partial charge is 0.460 e. The molecule has 1 fully saturated rings. The van der Waals surface area contributed by atoms with Crippen molar-refractivity contribution >= 4 is 23.6 Å². The summed E-state index contributed by atoms with van der Waals surface area (Å²) in [6.45, 7) is 5.47. The molecule has 104 valence electrons. The Bertz CT molecular complexity index is 293. The number of amides is 1. The number of ether oxygens (including phenoxy) is 1. The maximum atomic E-state index is 11.7. The molecule has 0 spiro atoms. The fourth-order valence-electron chi connectivity index (χ4n) is 1.76. The van der Waals surface area contributed by atoms with Crippen LogP contribution in [0.1, 0.15) is 46.5 Å². The molecule has 1 N–H and O–H groups in total. The summed E-state index contributed by atoms with van der Waals surface area (Å²) in [5.41, 5.74) is -0.479. The highest BCUT2D eigenvalue weighted by molar-refractivity contribution is 7.99. The molecule has 1 aliphatic rings. The monoisotopic (exact) mass is 273 g/mol. The van der Waals surface area contributed by atoms with Crippen molar-refractivity contribution in [3.63, 3.8) is 0 Å². The Morgan fingerprint density at radius 2 is 2.06 bits per heavy atom. The topological polar surface area (TPSA) is 55.4 Å². The molecule has 0 bridgehead atoms. The summed E-state index contributed by atoms with van der Waals surface area (Å²) < 4.78 is 5.16. The molecular weight excluding hydrogens is 250 g/mol. The fraction of sp³-hybridized carbons (Fsp3) is 0.846. The van der Waals surface area contributed by atoms with Crippen molar-refractivity contribution in [2.75, 3.05) is 11.5 Å². The van der Waals surface area contributed by atoms with Crippen molar-refractivity contribution in [1.29, 1.82) is 0 Å². The van der Waals surface area contributed by atoms with Crippen LogP contribution in [-0.2, 0) is 14.3 Å². The normalized spacial score (nSPS) is 20.3. The Hall–Kier alpha value is -0.710. The molecule has 18 heavy (non-hydrogen) atoms. The third-order valence-corrected chi connectivity index (χ3v) is 3.72. The Balaban J connectivity index is 2.18. The molecule has 0 aliphatic carbocycles. The van der Waals surface area contributed by atoms with Crippen molar-refractivity contribution in [2.24, 2.45) is 0 Å². The summed E-state index contributed by atoms with van der Waals surface area (Å²) in [5, 5.41) is 2.97. The average molecular weight is 273 g/mol. The van der Waals surface area contributed by atoms with Crippen LogP contribution in [0.3, 0.4) is 0 Å². The van der Waals surface area contributed by atoms with Gasteiger partial charge < -0.3 is 10.1 Å². The Kier molecular flexibility index (Phi) is 5.99. The number of nitrogens with one attached hydrogen (secondary N) is 1. The van der Waals surface area contributed by atoms with Crippen LogP contribution in [0.4, 0.5) is 0 Å². The third-order valence-electron chi connectivity index (χ3n) is 2.50. The fourth-order valence-corrected chi connectivity index (χ4v) is 2.83. The summed E-state index contributed by atoms with van der Waals surface area (Å²) in [6, 6.07) is 0.273. The van der Waals surface area contributed by atoms with Gasteiger partial charge in [-0.3, -0.25) is 9.59 Å². The summed E-state index contributed by atoms with van der Waals surface area (Å²) in [7, 11) is 0. The van der Waals surface area contributed by atoms with E-state index in [4.69, 9.17) is 4.74 Å². The second-order valence-electron chi connectivity index (χ2n) is 5.57. The van der Waals surface area contributed by atoms with E-state index in [1.54, 1.807) is 0 Å². The van der Waals surface area contributed by atoms with Crippen LogP contribution < -0.4 is 5.32 Å². The lowest BCUT2D eigenvalue weighted by Crippen LogP contribution is -2.38. The van der Waals surface area contributed by atoms with Gasteiger partial charge in [-0.05, 0) is 39.4 Å². The molecule has 0 saturated carbocycles. The highest BCUT2D eigenvalue weighted by Crippen LogP contribution is 2.17. The zero-order valence-corrected chi connectivity index (χ0v) is 12.3. The van der Waals surface area contributed by atoms with Gasteiger partial charge in [0.05, 0.1) is 6.42 Å². The molecule has 1 atom stereocenters. The molecule has 0 radical (unpaired) electrons. The van der Waals surface area contributed by atoms with E-state index >= 15 is 0 Å². The molecule has 0 aromatic carbocycles. The van der Waals surface area contributed by atoms with Crippen LogP contribution in [0.5, 0.6) is 0 Å². The van der Waals surface area contributed by atoms with Gasteiger partial charge in [0.1, 0.15) is 5.60 Å². The van der Waals surface area contributed by atoms with Crippen molar-refractivity contribution in [2.45, 2.75) is 58.1 Å². The predicted molar refractivity (Wildman–Crippen MR) is 73.6 cm³/mol. The zero-order chi connectivity index (χ0) is 13.6. The lowest BCUT2D eigenvalue weighted by Gasteiger charge is -2.22. The number of rotatable bonds is 4. The summed E-state index contributed by atoms with van der Waals surface area (Å²) in [5.74, 6) is 1.81. The van der Waals surface area contributed by atoms with Gasteiger partial charge in [0, 0.05) is 18.2 Å². The van der Waals surface area contributed by atoms with Crippen molar-refractivity contribution in [3.8, 4) is 0 Å².